The Hall–Kier alpha value is -4.40. The van der Waals surface area contributed by atoms with Crippen molar-refractivity contribution in [3.05, 3.63) is 77.9 Å². The molecule has 0 aliphatic carbocycles. The number of aryl methyl sites for hydroxylation is 1. The normalized spacial score (nSPS) is 10.7. The van der Waals surface area contributed by atoms with Crippen molar-refractivity contribution in [1.82, 2.24) is 9.55 Å². The lowest BCUT2D eigenvalue weighted by molar-refractivity contribution is 0.0993. The summed E-state index contributed by atoms with van der Waals surface area (Å²) in [7, 11) is 4.30. The van der Waals surface area contributed by atoms with Crippen LogP contribution in [0.1, 0.15) is 15.9 Å². The Labute approximate surface area is 195 Å². The van der Waals surface area contributed by atoms with E-state index in [0.717, 1.165) is 22.3 Å². The number of fused-ring (bicyclic) bond motifs is 1. The minimum absolute atomic E-state index is 0.0620. The lowest BCUT2D eigenvalue weighted by Gasteiger charge is -2.19. The van der Waals surface area contributed by atoms with Gasteiger partial charge in [0.1, 0.15) is 6.33 Å². The zero-order chi connectivity index (χ0) is 24.4. The third-order valence-corrected chi connectivity index (χ3v) is 5.49. The minimum Gasteiger partial charge on any atom is -0.494 e. The predicted octanol–water partition coefficient (Wildman–Crippen LogP) is 4.94. The number of aromatic nitrogens is 2. The van der Waals surface area contributed by atoms with Gasteiger partial charge in [0.05, 0.1) is 25.3 Å². The summed E-state index contributed by atoms with van der Waals surface area (Å²) < 4.78 is 25.3. The minimum atomic E-state index is -0.553. The Balaban J connectivity index is 1.69. The number of carbonyl (C=O) groups is 2. The van der Waals surface area contributed by atoms with Gasteiger partial charge in [0, 0.05) is 35.7 Å². The molecule has 34 heavy (non-hydrogen) atoms. The Morgan fingerprint density at radius 1 is 1.06 bits per heavy atom. The Bertz CT molecular complexity index is 1380. The topological polar surface area (TPSA) is 85.7 Å². The molecule has 4 rings (SSSR count). The second-order valence-electron chi connectivity index (χ2n) is 7.62. The van der Waals surface area contributed by atoms with E-state index in [1.54, 1.807) is 37.6 Å². The van der Waals surface area contributed by atoms with Gasteiger partial charge in [-0.3, -0.25) is 14.7 Å². The van der Waals surface area contributed by atoms with Crippen molar-refractivity contribution in [2.75, 3.05) is 31.5 Å². The number of hydrogen-bond donors (Lipinski definition) is 1. The molecular formula is C25H23FN4O4. The Kier molecular flexibility index (Phi) is 6.18. The highest BCUT2D eigenvalue weighted by molar-refractivity contribution is 6.07. The number of anilines is 2. The number of amides is 2. The van der Waals surface area contributed by atoms with Gasteiger partial charge in [0.15, 0.2) is 11.6 Å². The van der Waals surface area contributed by atoms with Gasteiger partial charge >= 0.3 is 6.09 Å². The van der Waals surface area contributed by atoms with Crippen molar-refractivity contribution in [3.63, 3.8) is 0 Å². The molecule has 0 spiro atoms. The molecule has 1 heterocycles. The van der Waals surface area contributed by atoms with Crippen LogP contribution in [0.15, 0.2) is 60.9 Å². The zero-order valence-corrected chi connectivity index (χ0v) is 19.1. The fourth-order valence-electron chi connectivity index (χ4n) is 3.66. The summed E-state index contributed by atoms with van der Waals surface area (Å²) in [5.41, 5.74) is 4.71. The van der Waals surface area contributed by atoms with Crippen LogP contribution < -0.4 is 15.0 Å². The van der Waals surface area contributed by atoms with E-state index in [-0.39, 0.29) is 11.7 Å². The average Bonchev–Trinajstić information content (AvgIpc) is 3.28. The molecule has 0 saturated carbocycles. The van der Waals surface area contributed by atoms with Gasteiger partial charge in [-0.2, -0.15) is 0 Å². The fourth-order valence-corrected chi connectivity index (χ4v) is 3.66. The van der Waals surface area contributed by atoms with Crippen molar-refractivity contribution in [2.24, 2.45) is 0 Å². The number of halogens is 1. The number of imidazole rings is 1. The van der Waals surface area contributed by atoms with Gasteiger partial charge < -0.3 is 14.4 Å². The first-order valence-electron chi connectivity index (χ1n) is 10.4. The first kappa shape index (κ1) is 22.8. The zero-order valence-electron chi connectivity index (χ0n) is 19.1. The van der Waals surface area contributed by atoms with E-state index in [4.69, 9.17) is 4.74 Å². The average molecular weight is 462 g/mol. The number of nitrogens with zero attached hydrogens (tertiary/aromatic N) is 3. The van der Waals surface area contributed by atoms with Crippen LogP contribution in [0.2, 0.25) is 0 Å². The number of carbonyl (C=O) groups excluding carboxylic acids is 2. The van der Waals surface area contributed by atoms with E-state index >= 15 is 0 Å². The van der Waals surface area contributed by atoms with E-state index in [2.05, 4.69) is 15.0 Å². The van der Waals surface area contributed by atoms with E-state index in [1.165, 1.54) is 37.3 Å². The molecule has 1 N–H and O–H groups in total. The van der Waals surface area contributed by atoms with E-state index in [0.29, 0.717) is 16.9 Å². The predicted molar refractivity (Wildman–Crippen MR) is 128 cm³/mol. The number of benzene rings is 3. The highest BCUT2D eigenvalue weighted by Gasteiger charge is 2.18. The molecule has 9 heteroatoms. The van der Waals surface area contributed by atoms with Crippen LogP contribution in [0.5, 0.6) is 5.75 Å². The van der Waals surface area contributed by atoms with Crippen LogP contribution in [0.25, 0.3) is 16.7 Å². The van der Waals surface area contributed by atoms with Crippen molar-refractivity contribution in [3.8, 4) is 11.4 Å². The molecule has 0 aliphatic heterocycles. The van der Waals surface area contributed by atoms with Gasteiger partial charge in [0.2, 0.25) is 0 Å². The molecule has 2 amide bonds. The number of methoxy groups -OCH3 is 2. The number of hydrogen-bond acceptors (Lipinski definition) is 5. The second kappa shape index (κ2) is 9.22. The third kappa shape index (κ3) is 4.27. The molecule has 174 valence electrons. The van der Waals surface area contributed by atoms with Crippen LogP contribution in [-0.4, -0.2) is 42.8 Å². The van der Waals surface area contributed by atoms with Gasteiger partial charge in [-0.05, 0) is 61.0 Å². The summed E-state index contributed by atoms with van der Waals surface area (Å²) in [5.74, 6) is -0.697. The quantitative estimate of drug-likeness (QED) is 0.454. The lowest BCUT2D eigenvalue weighted by atomic mass is 10.1. The van der Waals surface area contributed by atoms with Crippen molar-refractivity contribution < 1.29 is 23.5 Å². The molecule has 0 radical (unpaired) electrons. The van der Waals surface area contributed by atoms with Crippen molar-refractivity contribution in [1.29, 1.82) is 0 Å². The monoisotopic (exact) mass is 462 g/mol. The van der Waals surface area contributed by atoms with Gasteiger partial charge in [-0.15, -0.1) is 0 Å². The molecule has 0 unspecified atom stereocenters. The maximum Gasteiger partial charge on any atom is 0.411 e. The molecule has 0 atom stereocenters. The molecule has 4 aromatic rings. The molecule has 0 bridgehead atoms. The number of ether oxygens (including phenoxy) is 2. The smallest absolute Gasteiger partial charge is 0.411 e. The Morgan fingerprint density at radius 2 is 1.79 bits per heavy atom. The van der Waals surface area contributed by atoms with Crippen molar-refractivity contribution >= 4 is 34.4 Å². The SMILES string of the molecule is COC(=O)Nc1ccc(-n2cnc3c(C)cc(C(=O)N(C)c4ccc(F)c(OC)c4)cc32)cc1. The first-order chi connectivity index (χ1) is 16.3. The summed E-state index contributed by atoms with van der Waals surface area (Å²) in [6.45, 7) is 1.89. The van der Waals surface area contributed by atoms with Crippen LogP contribution >= 0.6 is 0 Å². The highest BCUT2D eigenvalue weighted by atomic mass is 19.1. The first-order valence-corrected chi connectivity index (χ1v) is 10.4. The lowest BCUT2D eigenvalue weighted by Crippen LogP contribution is -2.26. The van der Waals surface area contributed by atoms with Gasteiger partial charge in [0.25, 0.3) is 5.91 Å². The molecular weight excluding hydrogens is 439 g/mol. The summed E-state index contributed by atoms with van der Waals surface area (Å²) >= 11 is 0. The highest BCUT2D eigenvalue weighted by Crippen LogP contribution is 2.27. The molecule has 0 fully saturated rings. The maximum absolute atomic E-state index is 13.8. The molecule has 0 saturated heterocycles. The summed E-state index contributed by atoms with van der Waals surface area (Å²) in [4.78, 5) is 30.6. The summed E-state index contributed by atoms with van der Waals surface area (Å²) in [6.07, 6.45) is 1.13. The van der Waals surface area contributed by atoms with Gasteiger partial charge in [-0.1, -0.05) is 0 Å². The molecule has 3 aromatic carbocycles. The molecule has 8 nitrogen and oxygen atoms in total. The molecule has 1 aromatic heterocycles. The number of rotatable bonds is 5. The van der Waals surface area contributed by atoms with Crippen LogP contribution in [0, 0.1) is 12.7 Å². The largest absolute Gasteiger partial charge is 0.494 e. The van der Waals surface area contributed by atoms with E-state index < -0.39 is 11.9 Å². The molecule has 0 aliphatic rings. The Morgan fingerprint density at radius 3 is 2.47 bits per heavy atom. The van der Waals surface area contributed by atoms with Crippen LogP contribution in [0.4, 0.5) is 20.6 Å². The fraction of sp³-hybridized carbons (Fsp3) is 0.160. The van der Waals surface area contributed by atoms with Gasteiger partial charge in [-0.25, -0.2) is 14.2 Å². The van der Waals surface area contributed by atoms with E-state index in [9.17, 15) is 14.0 Å². The van der Waals surface area contributed by atoms with E-state index in [1.807, 2.05) is 23.6 Å². The number of nitrogens with one attached hydrogen (secondary N) is 1. The third-order valence-electron chi connectivity index (χ3n) is 5.49. The standard InChI is InChI=1S/C25H23FN4O4/c1-15-11-16(24(31)29(2)19-9-10-20(26)22(13-19)33-3)12-21-23(15)27-14-30(21)18-7-5-17(6-8-18)28-25(32)34-4/h5-14H,1-4H3,(H,28,32). The van der Waals surface area contributed by atoms with Crippen LogP contribution in [-0.2, 0) is 4.74 Å². The van der Waals surface area contributed by atoms with Crippen LogP contribution in [0.3, 0.4) is 0 Å². The summed E-state index contributed by atoms with van der Waals surface area (Å²) in [6, 6.07) is 15.0. The second-order valence-corrected chi connectivity index (χ2v) is 7.62. The van der Waals surface area contributed by atoms with Crippen molar-refractivity contribution in [2.45, 2.75) is 6.92 Å². The summed E-state index contributed by atoms with van der Waals surface area (Å²) in [5, 5.41) is 2.61. The maximum atomic E-state index is 13.8.